The van der Waals surface area contributed by atoms with Crippen LogP contribution in [0.15, 0.2) is 24.3 Å². The van der Waals surface area contributed by atoms with E-state index in [4.69, 9.17) is 9.47 Å². The molecule has 0 fully saturated rings. The van der Waals surface area contributed by atoms with Gasteiger partial charge in [-0.15, -0.1) is 0 Å². The normalized spacial score (nSPS) is 12.3. The zero-order valence-corrected chi connectivity index (χ0v) is 14.9. The molecule has 0 amide bonds. The lowest BCUT2D eigenvalue weighted by Gasteiger charge is -2.16. The molecule has 20 heavy (non-hydrogen) atoms. The summed E-state index contributed by atoms with van der Waals surface area (Å²) in [5.74, 6) is 0.903. The van der Waals surface area contributed by atoms with Crippen LogP contribution in [-0.4, -0.2) is 18.1 Å². The maximum Gasteiger partial charge on any atom is 0.119 e. The Kier molecular flexibility index (Phi) is 10.1. The van der Waals surface area contributed by atoms with Crippen molar-refractivity contribution in [2.24, 2.45) is 0 Å². The second-order valence-electron chi connectivity index (χ2n) is 5.06. The molecule has 1 rings (SSSR count). The molecular formula is C17H27IO2. The number of ether oxygens (including phenoxy) is 2. The number of unbranched alkanes of at least 4 members (excludes halogenated alkanes) is 5. The Bertz CT molecular complexity index is 355. The molecule has 0 saturated carbocycles. The Balaban J connectivity index is 2.28. The first kappa shape index (κ1) is 17.8. The van der Waals surface area contributed by atoms with E-state index in [1.54, 1.807) is 7.11 Å². The molecule has 1 aromatic carbocycles. The summed E-state index contributed by atoms with van der Waals surface area (Å²) >= 11 is 2.39. The van der Waals surface area contributed by atoms with Crippen LogP contribution in [-0.2, 0) is 4.74 Å². The number of rotatable bonds is 11. The fraction of sp³-hybridized carbons (Fsp3) is 0.647. The first-order chi connectivity index (χ1) is 9.81. The van der Waals surface area contributed by atoms with Gasteiger partial charge in [0.15, 0.2) is 0 Å². The highest BCUT2D eigenvalue weighted by Gasteiger charge is 2.11. The summed E-state index contributed by atoms with van der Waals surface area (Å²) in [5, 5.41) is 0. The average Bonchev–Trinajstić information content (AvgIpc) is 2.50. The Morgan fingerprint density at radius 2 is 1.85 bits per heavy atom. The highest BCUT2D eigenvalue weighted by Crippen LogP contribution is 2.24. The molecule has 3 heteroatoms. The Hall–Kier alpha value is -0.290. The summed E-state index contributed by atoms with van der Waals surface area (Å²) < 4.78 is 12.3. The highest BCUT2D eigenvalue weighted by atomic mass is 127. The van der Waals surface area contributed by atoms with Gasteiger partial charge in [-0.1, -0.05) is 73.8 Å². The van der Waals surface area contributed by atoms with Crippen LogP contribution in [0.5, 0.6) is 5.75 Å². The van der Waals surface area contributed by atoms with Crippen molar-refractivity contribution >= 4 is 22.6 Å². The van der Waals surface area contributed by atoms with Gasteiger partial charge >= 0.3 is 0 Å². The number of halogens is 1. The number of hydrogen-bond donors (Lipinski definition) is 0. The van der Waals surface area contributed by atoms with Gasteiger partial charge in [-0.2, -0.15) is 0 Å². The van der Waals surface area contributed by atoms with Crippen molar-refractivity contribution in [3.8, 4) is 5.75 Å². The third-order valence-electron chi connectivity index (χ3n) is 3.42. The maximum atomic E-state index is 6.02. The highest BCUT2D eigenvalue weighted by molar-refractivity contribution is 14.1. The van der Waals surface area contributed by atoms with Gasteiger partial charge in [0.1, 0.15) is 5.75 Å². The second kappa shape index (κ2) is 11.4. The molecule has 0 N–H and O–H groups in total. The fourth-order valence-electron chi connectivity index (χ4n) is 2.18. The van der Waals surface area contributed by atoms with Crippen LogP contribution >= 0.6 is 22.6 Å². The van der Waals surface area contributed by atoms with Crippen molar-refractivity contribution in [1.29, 1.82) is 0 Å². The van der Waals surface area contributed by atoms with Crippen LogP contribution in [0.1, 0.15) is 57.1 Å². The molecule has 0 aliphatic rings. The standard InChI is InChI=1S/C17H27IO2/c1-3-4-5-6-7-8-12-20-17(14-18)15-10-9-11-16(13-15)19-2/h9-11,13,17H,3-8,12,14H2,1-2H3. The third-order valence-corrected chi connectivity index (χ3v) is 4.22. The predicted molar refractivity (Wildman–Crippen MR) is 94.0 cm³/mol. The van der Waals surface area contributed by atoms with Crippen molar-refractivity contribution in [3.05, 3.63) is 29.8 Å². The molecular weight excluding hydrogens is 363 g/mol. The van der Waals surface area contributed by atoms with E-state index in [-0.39, 0.29) is 6.10 Å². The minimum absolute atomic E-state index is 0.182. The lowest BCUT2D eigenvalue weighted by atomic mass is 10.1. The minimum atomic E-state index is 0.182. The molecule has 0 aliphatic carbocycles. The van der Waals surface area contributed by atoms with E-state index < -0.39 is 0 Å². The van der Waals surface area contributed by atoms with E-state index in [1.807, 2.05) is 12.1 Å². The van der Waals surface area contributed by atoms with E-state index in [1.165, 1.54) is 44.1 Å². The lowest BCUT2D eigenvalue weighted by molar-refractivity contribution is 0.0677. The summed E-state index contributed by atoms with van der Waals surface area (Å²) in [6, 6.07) is 8.20. The van der Waals surface area contributed by atoms with Crippen molar-refractivity contribution in [2.75, 3.05) is 18.1 Å². The average molecular weight is 390 g/mol. The van der Waals surface area contributed by atoms with Gasteiger partial charge < -0.3 is 9.47 Å². The summed E-state index contributed by atoms with van der Waals surface area (Å²) in [4.78, 5) is 0. The Labute approximate surface area is 137 Å². The van der Waals surface area contributed by atoms with Crippen LogP contribution in [0, 0.1) is 0 Å². The molecule has 2 nitrogen and oxygen atoms in total. The number of hydrogen-bond acceptors (Lipinski definition) is 2. The van der Waals surface area contributed by atoms with Crippen LogP contribution in [0.25, 0.3) is 0 Å². The summed E-state index contributed by atoms with van der Waals surface area (Å²) in [6.45, 7) is 3.11. The number of benzene rings is 1. The van der Waals surface area contributed by atoms with Gasteiger partial charge in [0.2, 0.25) is 0 Å². The van der Waals surface area contributed by atoms with E-state index >= 15 is 0 Å². The van der Waals surface area contributed by atoms with Crippen LogP contribution < -0.4 is 4.74 Å². The van der Waals surface area contributed by atoms with Gasteiger partial charge in [-0.05, 0) is 24.1 Å². The van der Waals surface area contributed by atoms with Gasteiger partial charge in [-0.3, -0.25) is 0 Å². The zero-order chi connectivity index (χ0) is 14.6. The smallest absolute Gasteiger partial charge is 0.119 e. The first-order valence-corrected chi connectivity index (χ1v) is 9.15. The van der Waals surface area contributed by atoms with Crippen LogP contribution in [0.3, 0.4) is 0 Å². The summed E-state index contributed by atoms with van der Waals surface area (Å²) in [6.07, 6.45) is 8.01. The molecule has 1 aromatic rings. The molecule has 114 valence electrons. The van der Waals surface area contributed by atoms with Gasteiger partial charge in [0, 0.05) is 11.0 Å². The largest absolute Gasteiger partial charge is 0.497 e. The SMILES string of the molecule is CCCCCCCCOC(CI)c1cccc(OC)c1. The predicted octanol–water partition coefficient (Wildman–Crippen LogP) is 5.55. The minimum Gasteiger partial charge on any atom is -0.497 e. The van der Waals surface area contributed by atoms with Crippen LogP contribution in [0.4, 0.5) is 0 Å². The molecule has 1 atom stereocenters. The molecule has 1 unspecified atom stereocenters. The molecule has 0 aromatic heterocycles. The second-order valence-corrected chi connectivity index (χ2v) is 5.94. The van der Waals surface area contributed by atoms with Crippen molar-refractivity contribution in [3.63, 3.8) is 0 Å². The topological polar surface area (TPSA) is 18.5 Å². The molecule has 0 saturated heterocycles. The molecule has 0 spiro atoms. The van der Waals surface area contributed by atoms with E-state index in [0.29, 0.717) is 0 Å². The molecule has 0 bridgehead atoms. The van der Waals surface area contributed by atoms with Crippen molar-refractivity contribution in [2.45, 2.75) is 51.6 Å². The van der Waals surface area contributed by atoms with Gasteiger partial charge in [0.25, 0.3) is 0 Å². The van der Waals surface area contributed by atoms with E-state index in [2.05, 4.69) is 41.6 Å². The van der Waals surface area contributed by atoms with E-state index in [0.717, 1.165) is 16.8 Å². The summed E-state index contributed by atoms with van der Waals surface area (Å²) in [5.41, 5.74) is 1.21. The van der Waals surface area contributed by atoms with Crippen molar-refractivity contribution in [1.82, 2.24) is 0 Å². The lowest BCUT2D eigenvalue weighted by Crippen LogP contribution is -2.07. The Morgan fingerprint density at radius 3 is 2.55 bits per heavy atom. The fourth-order valence-corrected chi connectivity index (χ4v) is 2.94. The number of alkyl halides is 1. The monoisotopic (exact) mass is 390 g/mol. The Morgan fingerprint density at radius 1 is 1.10 bits per heavy atom. The van der Waals surface area contributed by atoms with Gasteiger partial charge in [-0.25, -0.2) is 0 Å². The maximum absolute atomic E-state index is 6.02. The van der Waals surface area contributed by atoms with Crippen LogP contribution in [0.2, 0.25) is 0 Å². The quantitative estimate of drug-likeness (QED) is 0.280. The molecule has 0 heterocycles. The first-order valence-electron chi connectivity index (χ1n) is 7.63. The summed E-state index contributed by atoms with van der Waals surface area (Å²) in [7, 11) is 1.70. The van der Waals surface area contributed by atoms with Crippen molar-refractivity contribution < 1.29 is 9.47 Å². The van der Waals surface area contributed by atoms with E-state index in [9.17, 15) is 0 Å². The zero-order valence-electron chi connectivity index (χ0n) is 12.7. The third kappa shape index (κ3) is 6.93. The molecule has 0 radical (unpaired) electrons. The molecule has 0 aliphatic heterocycles. The van der Waals surface area contributed by atoms with Gasteiger partial charge in [0.05, 0.1) is 13.2 Å². The number of methoxy groups -OCH3 is 1.